The Kier molecular flexibility index (Phi) is 5.27. The topological polar surface area (TPSA) is 57.0 Å². The Labute approximate surface area is 146 Å². The van der Waals surface area contributed by atoms with Crippen molar-refractivity contribution >= 4 is 17.2 Å². The van der Waals surface area contributed by atoms with Gasteiger partial charge in [0.1, 0.15) is 0 Å². The molecule has 1 aromatic heterocycles. The van der Waals surface area contributed by atoms with Crippen LogP contribution in [0.2, 0.25) is 0 Å². The highest BCUT2D eigenvalue weighted by Gasteiger charge is 2.26. The summed E-state index contributed by atoms with van der Waals surface area (Å²) in [5.74, 6) is 0.605. The number of amides is 1. The van der Waals surface area contributed by atoms with Crippen LogP contribution < -0.4 is 0 Å². The van der Waals surface area contributed by atoms with Gasteiger partial charge in [-0.05, 0) is 43.9 Å². The van der Waals surface area contributed by atoms with Gasteiger partial charge in [-0.3, -0.25) is 4.79 Å². The summed E-state index contributed by atoms with van der Waals surface area (Å²) >= 11 is 1.71. The van der Waals surface area contributed by atoms with Crippen LogP contribution >= 0.6 is 11.3 Å². The summed E-state index contributed by atoms with van der Waals surface area (Å²) in [4.78, 5) is 19.1. The number of carbonyl (C=O) groups is 1. The van der Waals surface area contributed by atoms with Gasteiger partial charge in [-0.2, -0.15) is 5.26 Å². The molecule has 1 saturated heterocycles. The highest BCUT2D eigenvalue weighted by molar-refractivity contribution is 7.09. The van der Waals surface area contributed by atoms with Crippen LogP contribution in [0.4, 0.5) is 0 Å². The van der Waals surface area contributed by atoms with Crippen LogP contribution in [0.25, 0.3) is 0 Å². The van der Waals surface area contributed by atoms with Crippen LogP contribution in [0.1, 0.15) is 47.0 Å². The van der Waals surface area contributed by atoms with E-state index in [9.17, 15) is 4.79 Å². The van der Waals surface area contributed by atoms with Crippen LogP contribution in [0.5, 0.6) is 0 Å². The largest absolute Gasteiger partial charge is 0.342 e. The highest BCUT2D eigenvalue weighted by atomic mass is 32.1. The molecule has 1 amide bonds. The molecule has 1 aliphatic rings. The van der Waals surface area contributed by atoms with Gasteiger partial charge in [-0.1, -0.05) is 12.1 Å². The lowest BCUT2D eigenvalue weighted by molar-refractivity contribution is -0.132. The lowest BCUT2D eigenvalue weighted by Gasteiger charge is -2.32. The van der Waals surface area contributed by atoms with Crippen molar-refractivity contribution in [2.24, 2.45) is 0 Å². The van der Waals surface area contributed by atoms with Gasteiger partial charge in [-0.15, -0.1) is 11.3 Å². The molecular formula is C19H21N3OS. The molecule has 3 rings (SSSR count). The van der Waals surface area contributed by atoms with Crippen molar-refractivity contribution in [1.82, 2.24) is 9.88 Å². The molecule has 0 N–H and O–H groups in total. The van der Waals surface area contributed by atoms with Gasteiger partial charge in [0.25, 0.3) is 0 Å². The molecular weight excluding hydrogens is 318 g/mol. The molecule has 4 nitrogen and oxygen atoms in total. The molecule has 0 unspecified atom stereocenters. The van der Waals surface area contributed by atoms with Crippen molar-refractivity contribution in [3.63, 3.8) is 0 Å². The van der Waals surface area contributed by atoms with Crippen molar-refractivity contribution < 1.29 is 4.79 Å². The normalized spacial score (nSPS) is 17.5. The zero-order chi connectivity index (χ0) is 16.9. The number of benzene rings is 1. The lowest BCUT2D eigenvalue weighted by atomic mass is 9.98. The number of piperidine rings is 1. The SMILES string of the molecule is Cc1csc([C@H]2CCCN(C(=O)CCc3ccc(C#N)cc3)C2)n1. The minimum absolute atomic E-state index is 0.220. The van der Waals surface area contributed by atoms with Crippen LogP contribution in [0.3, 0.4) is 0 Å². The molecule has 0 saturated carbocycles. The zero-order valence-corrected chi connectivity index (χ0v) is 14.7. The molecule has 0 aliphatic carbocycles. The number of hydrogen-bond acceptors (Lipinski definition) is 4. The summed E-state index contributed by atoms with van der Waals surface area (Å²) in [5, 5.41) is 12.1. The van der Waals surface area contributed by atoms with Gasteiger partial charge in [0.05, 0.1) is 16.6 Å². The third-order valence-electron chi connectivity index (χ3n) is 4.47. The molecule has 2 aromatic rings. The van der Waals surface area contributed by atoms with Gasteiger partial charge < -0.3 is 4.90 Å². The minimum atomic E-state index is 0.220. The Morgan fingerprint density at radius 1 is 1.42 bits per heavy atom. The number of thiazole rings is 1. The Morgan fingerprint density at radius 3 is 2.88 bits per heavy atom. The fraction of sp³-hybridized carbons (Fsp3) is 0.421. The van der Waals surface area contributed by atoms with Gasteiger partial charge in [0, 0.05) is 36.5 Å². The Bertz CT molecular complexity index is 745. The van der Waals surface area contributed by atoms with Crippen molar-refractivity contribution in [1.29, 1.82) is 5.26 Å². The molecule has 1 fully saturated rings. The number of rotatable bonds is 4. The quantitative estimate of drug-likeness (QED) is 0.854. The minimum Gasteiger partial charge on any atom is -0.342 e. The van der Waals surface area contributed by atoms with E-state index in [0.717, 1.165) is 48.6 Å². The number of aryl methyl sites for hydroxylation is 2. The molecule has 1 aliphatic heterocycles. The third-order valence-corrected chi connectivity index (χ3v) is 5.60. The summed E-state index contributed by atoms with van der Waals surface area (Å²) in [6.07, 6.45) is 3.41. The van der Waals surface area contributed by atoms with Crippen LogP contribution in [-0.2, 0) is 11.2 Å². The van der Waals surface area contributed by atoms with E-state index in [0.29, 0.717) is 17.9 Å². The van der Waals surface area contributed by atoms with Gasteiger partial charge >= 0.3 is 0 Å². The van der Waals surface area contributed by atoms with E-state index >= 15 is 0 Å². The fourth-order valence-corrected chi connectivity index (χ4v) is 4.05. The molecule has 124 valence electrons. The molecule has 2 heterocycles. The van der Waals surface area contributed by atoms with E-state index in [1.54, 1.807) is 11.3 Å². The van der Waals surface area contributed by atoms with Gasteiger partial charge in [-0.25, -0.2) is 4.98 Å². The van der Waals surface area contributed by atoms with Crippen molar-refractivity contribution in [2.75, 3.05) is 13.1 Å². The van der Waals surface area contributed by atoms with Gasteiger partial charge in [0.15, 0.2) is 0 Å². The first kappa shape index (κ1) is 16.7. The van der Waals surface area contributed by atoms with Crippen LogP contribution in [-0.4, -0.2) is 28.9 Å². The van der Waals surface area contributed by atoms with E-state index in [2.05, 4.69) is 16.4 Å². The highest BCUT2D eigenvalue weighted by Crippen LogP contribution is 2.29. The van der Waals surface area contributed by atoms with E-state index < -0.39 is 0 Å². The maximum atomic E-state index is 12.5. The van der Waals surface area contributed by atoms with E-state index in [-0.39, 0.29) is 5.91 Å². The van der Waals surface area contributed by atoms with Crippen LogP contribution in [0, 0.1) is 18.3 Å². The van der Waals surface area contributed by atoms with Crippen molar-refractivity contribution in [3.8, 4) is 6.07 Å². The summed E-state index contributed by atoms with van der Waals surface area (Å²) in [6, 6.07) is 9.59. The second-order valence-corrected chi connectivity index (χ2v) is 7.20. The third kappa shape index (κ3) is 4.01. The molecule has 0 radical (unpaired) electrons. The Balaban J connectivity index is 1.55. The summed E-state index contributed by atoms with van der Waals surface area (Å²) < 4.78 is 0. The average Bonchev–Trinajstić information content (AvgIpc) is 3.06. The molecule has 0 bridgehead atoms. The predicted octanol–water partition coefficient (Wildman–Crippen LogP) is 3.66. The molecule has 24 heavy (non-hydrogen) atoms. The Morgan fingerprint density at radius 2 is 2.21 bits per heavy atom. The summed E-state index contributed by atoms with van der Waals surface area (Å²) in [6.45, 7) is 3.66. The summed E-state index contributed by atoms with van der Waals surface area (Å²) in [5.41, 5.74) is 2.83. The number of aromatic nitrogens is 1. The first-order valence-electron chi connectivity index (χ1n) is 8.34. The molecule has 5 heteroatoms. The number of nitriles is 1. The van der Waals surface area contributed by atoms with E-state index in [1.807, 2.05) is 36.1 Å². The van der Waals surface area contributed by atoms with E-state index in [1.165, 1.54) is 0 Å². The molecule has 1 atom stereocenters. The standard InChI is InChI=1S/C19H21N3OS/c1-14-13-24-19(21-14)17-3-2-10-22(12-17)18(23)9-8-15-4-6-16(11-20)7-5-15/h4-7,13,17H,2-3,8-10,12H2,1H3/t17-/m0/s1. The smallest absolute Gasteiger partial charge is 0.222 e. The maximum Gasteiger partial charge on any atom is 0.222 e. The van der Waals surface area contributed by atoms with Gasteiger partial charge in [0.2, 0.25) is 5.91 Å². The second-order valence-electron chi connectivity index (χ2n) is 6.31. The summed E-state index contributed by atoms with van der Waals surface area (Å²) in [7, 11) is 0. The van der Waals surface area contributed by atoms with Crippen molar-refractivity contribution in [3.05, 3.63) is 51.5 Å². The second kappa shape index (κ2) is 7.59. The van der Waals surface area contributed by atoms with E-state index in [4.69, 9.17) is 5.26 Å². The number of likely N-dealkylation sites (tertiary alicyclic amines) is 1. The average molecular weight is 339 g/mol. The molecule has 0 spiro atoms. The lowest BCUT2D eigenvalue weighted by Crippen LogP contribution is -2.39. The Hall–Kier alpha value is -2.19. The zero-order valence-electron chi connectivity index (χ0n) is 13.9. The first-order valence-corrected chi connectivity index (χ1v) is 9.22. The maximum absolute atomic E-state index is 12.5. The fourth-order valence-electron chi connectivity index (χ4n) is 3.12. The monoisotopic (exact) mass is 339 g/mol. The van der Waals surface area contributed by atoms with Crippen LogP contribution in [0.15, 0.2) is 29.6 Å². The number of hydrogen-bond donors (Lipinski definition) is 0. The predicted molar refractivity (Wildman–Crippen MR) is 94.9 cm³/mol. The first-order chi connectivity index (χ1) is 11.7. The number of nitrogens with zero attached hydrogens (tertiary/aromatic N) is 3. The molecule has 1 aromatic carbocycles. The number of carbonyl (C=O) groups excluding carboxylic acids is 1. The van der Waals surface area contributed by atoms with Crippen molar-refractivity contribution in [2.45, 2.75) is 38.5 Å².